The molecule has 1 heterocycles. The molecule has 0 radical (unpaired) electrons. The molecule has 88 valence electrons. The van der Waals surface area contributed by atoms with Gasteiger partial charge in [-0.05, 0) is 48.7 Å². The largest absolute Gasteiger partial charge is 0.381 e. The molecule has 0 aliphatic heterocycles. The van der Waals surface area contributed by atoms with Crippen LogP contribution in [0.15, 0.2) is 36.7 Å². The summed E-state index contributed by atoms with van der Waals surface area (Å²) in [4.78, 5) is 4.08. The van der Waals surface area contributed by atoms with E-state index in [9.17, 15) is 4.39 Å². The first-order valence-corrected chi connectivity index (χ1v) is 5.56. The Kier molecular flexibility index (Phi) is 3.38. The van der Waals surface area contributed by atoms with E-state index in [-0.39, 0.29) is 5.82 Å². The van der Waals surface area contributed by atoms with Crippen molar-refractivity contribution in [3.8, 4) is 0 Å². The Labute approximate surface area is 101 Å². The van der Waals surface area contributed by atoms with Crippen LogP contribution in [-0.4, -0.2) is 4.98 Å². The number of rotatable bonds is 3. The molecular formula is C14H15FN2. The number of benzene rings is 1. The summed E-state index contributed by atoms with van der Waals surface area (Å²) in [7, 11) is 0. The molecule has 0 atom stereocenters. The molecule has 0 saturated carbocycles. The van der Waals surface area contributed by atoms with Crippen LogP contribution in [0.2, 0.25) is 0 Å². The predicted molar refractivity (Wildman–Crippen MR) is 67.4 cm³/mol. The minimum atomic E-state index is -0.182. The molecule has 2 rings (SSSR count). The van der Waals surface area contributed by atoms with Crippen LogP contribution in [-0.2, 0) is 6.54 Å². The van der Waals surface area contributed by atoms with Gasteiger partial charge in [-0.25, -0.2) is 4.39 Å². The Morgan fingerprint density at radius 1 is 1.18 bits per heavy atom. The van der Waals surface area contributed by atoms with Crippen molar-refractivity contribution in [1.29, 1.82) is 0 Å². The number of aryl methyl sites for hydroxylation is 2. The third kappa shape index (κ3) is 2.81. The summed E-state index contributed by atoms with van der Waals surface area (Å²) in [5, 5.41) is 3.19. The lowest BCUT2D eigenvalue weighted by molar-refractivity contribution is 0.619. The predicted octanol–water partition coefficient (Wildman–Crippen LogP) is 3.45. The van der Waals surface area contributed by atoms with Crippen LogP contribution in [0.5, 0.6) is 0 Å². The zero-order chi connectivity index (χ0) is 12.3. The highest BCUT2D eigenvalue weighted by Gasteiger charge is 2.00. The number of nitrogens with zero attached hydrogens (tertiary/aromatic N) is 1. The van der Waals surface area contributed by atoms with Crippen LogP contribution in [0.3, 0.4) is 0 Å². The van der Waals surface area contributed by atoms with Gasteiger partial charge in [-0.2, -0.15) is 0 Å². The Hall–Kier alpha value is -1.90. The number of pyridine rings is 1. The quantitative estimate of drug-likeness (QED) is 0.873. The molecule has 2 nitrogen and oxygen atoms in total. The lowest BCUT2D eigenvalue weighted by atomic mass is 10.1. The van der Waals surface area contributed by atoms with Gasteiger partial charge in [0, 0.05) is 24.6 Å². The highest BCUT2D eigenvalue weighted by Crippen LogP contribution is 2.15. The van der Waals surface area contributed by atoms with Crippen molar-refractivity contribution in [2.45, 2.75) is 20.4 Å². The van der Waals surface area contributed by atoms with Crippen LogP contribution in [0.4, 0.5) is 10.1 Å². The standard InChI is InChI=1S/C14H15FN2/c1-10-5-6-16-8-12(10)9-17-13-4-3-11(2)14(15)7-13/h3-8,17H,9H2,1-2H3. The minimum Gasteiger partial charge on any atom is -0.381 e. The maximum atomic E-state index is 13.3. The van der Waals surface area contributed by atoms with Crippen LogP contribution >= 0.6 is 0 Å². The number of anilines is 1. The Morgan fingerprint density at radius 2 is 2.00 bits per heavy atom. The van der Waals surface area contributed by atoms with Gasteiger partial charge in [-0.1, -0.05) is 6.07 Å². The van der Waals surface area contributed by atoms with Gasteiger partial charge in [0.1, 0.15) is 5.82 Å². The van der Waals surface area contributed by atoms with E-state index in [0.717, 1.165) is 11.3 Å². The summed E-state index contributed by atoms with van der Waals surface area (Å²) >= 11 is 0. The van der Waals surface area contributed by atoms with Crippen molar-refractivity contribution in [3.63, 3.8) is 0 Å². The van der Waals surface area contributed by atoms with E-state index in [2.05, 4.69) is 10.3 Å². The van der Waals surface area contributed by atoms with E-state index in [1.165, 1.54) is 11.6 Å². The van der Waals surface area contributed by atoms with Crippen molar-refractivity contribution in [1.82, 2.24) is 4.98 Å². The molecule has 0 spiro atoms. The van der Waals surface area contributed by atoms with Crippen molar-refractivity contribution < 1.29 is 4.39 Å². The molecule has 0 unspecified atom stereocenters. The average molecular weight is 230 g/mol. The van der Waals surface area contributed by atoms with Crippen LogP contribution < -0.4 is 5.32 Å². The molecule has 0 amide bonds. The van der Waals surface area contributed by atoms with Gasteiger partial charge < -0.3 is 5.32 Å². The Balaban J connectivity index is 2.08. The summed E-state index contributed by atoms with van der Waals surface area (Å²) in [5.41, 5.74) is 3.75. The van der Waals surface area contributed by atoms with E-state index in [4.69, 9.17) is 0 Å². The molecule has 1 aromatic carbocycles. The normalized spacial score (nSPS) is 10.3. The number of nitrogens with one attached hydrogen (secondary N) is 1. The molecule has 0 aliphatic carbocycles. The van der Waals surface area contributed by atoms with Gasteiger partial charge >= 0.3 is 0 Å². The molecule has 0 fully saturated rings. The van der Waals surface area contributed by atoms with E-state index < -0.39 is 0 Å². The maximum absolute atomic E-state index is 13.3. The summed E-state index contributed by atoms with van der Waals surface area (Å²) in [5.74, 6) is -0.182. The minimum absolute atomic E-state index is 0.182. The van der Waals surface area contributed by atoms with Gasteiger partial charge in [0.05, 0.1) is 0 Å². The van der Waals surface area contributed by atoms with Crippen molar-refractivity contribution in [3.05, 3.63) is 59.2 Å². The van der Waals surface area contributed by atoms with Crippen LogP contribution in [0.1, 0.15) is 16.7 Å². The number of halogens is 1. The lowest BCUT2D eigenvalue weighted by Crippen LogP contribution is -2.02. The first kappa shape index (κ1) is 11.6. The van der Waals surface area contributed by atoms with Crippen molar-refractivity contribution in [2.75, 3.05) is 5.32 Å². The molecule has 1 N–H and O–H groups in total. The van der Waals surface area contributed by atoms with Crippen LogP contribution in [0, 0.1) is 19.7 Å². The fraction of sp³-hybridized carbons (Fsp3) is 0.214. The highest BCUT2D eigenvalue weighted by molar-refractivity contribution is 5.45. The number of hydrogen-bond donors (Lipinski definition) is 1. The topological polar surface area (TPSA) is 24.9 Å². The summed E-state index contributed by atoms with van der Waals surface area (Å²) < 4.78 is 13.3. The van der Waals surface area contributed by atoms with Crippen LogP contribution in [0.25, 0.3) is 0 Å². The van der Waals surface area contributed by atoms with E-state index in [0.29, 0.717) is 12.1 Å². The number of aromatic nitrogens is 1. The molecule has 0 saturated heterocycles. The van der Waals surface area contributed by atoms with Gasteiger partial charge in [0.25, 0.3) is 0 Å². The molecular weight excluding hydrogens is 215 g/mol. The molecule has 0 bridgehead atoms. The number of hydrogen-bond acceptors (Lipinski definition) is 2. The molecule has 0 aliphatic rings. The van der Waals surface area contributed by atoms with E-state index in [1.54, 1.807) is 19.2 Å². The zero-order valence-corrected chi connectivity index (χ0v) is 10.00. The Morgan fingerprint density at radius 3 is 2.71 bits per heavy atom. The highest BCUT2D eigenvalue weighted by atomic mass is 19.1. The zero-order valence-electron chi connectivity index (χ0n) is 10.00. The molecule has 17 heavy (non-hydrogen) atoms. The summed E-state index contributed by atoms with van der Waals surface area (Å²) in [6, 6.07) is 7.13. The Bertz CT molecular complexity index is 523. The SMILES string of the molecule is Cc1ccc(NCc2cnccc2C)cc1F. The fourth-order valence-corrected chi connectivity index (χ4v) is 1.58. The maximum Gasteiger partial charge on any atom is 0.128 e. The second-order valence-electron chi connectivity index (χ2n) is 4.12. The third-order valence-electron chi connectivity index (χ3n) is 2.80. The van der Waals surface area contributed by atoms with Crippen molar-refractivity contribution >= 4 is 5.69 Å². The van der Waals surface area contributed by atoms with Gasteiger partial charge in [-0.15, -0.1) is 0 Å². The second kappa shape index (κ2) is 4.95. The van der Waals surface area contributed by atoms with E-state index in [1.807, 2.05) is 25.3 Å². The fourth-order valence-electron chi connectivity index (χ4n) is 1.58. The van der Waals surface area contributed by atoms with E-state index >= 15 is 0 Å². The lowest BCUT2D eigenvalue weighted by Gasteiger charge is -2.09. The van der Waals surface area contributed by atoms with Gasteiger partial charge in [-0.3, -0.25) is 4.98 Å². The smallest absolute Gasteiger partial charge is 0.128 e. The molecule has 3 heteroatoms. The first-order valence-electron chi connectivity index (χ1n) is 5.56. The summed E-state index contributed by atoms with van der Waals surface area (Å²) in [6.07, 6.45) is 3.59. The third-order valence-corrected chi connectivity index (χ3v) is 2.80. The van der Waals surface area contributed by atoms with Crippen molar-refractivity contribution in [2.24, 2.45) is 0 Å². The van der Waals surface area contributed by atoms with Gasteiger partial charge in [0.15, 0.2) is 0 Å². The molecule has 1 aromatic heterocycles. The summed E-state index contributed by atoms with van der Waals surface area (Å²) in [6.45, 7) is 4.45. The van der Waals surface area contributed by atoms with Gasteiger partial charge in [0.2, 0.25) is 0 Å². The molecule has 2 aromatic rings. The monoisotopic (exact) mass is 230 g/mol. The second-order valence-corrected chi connectivity index (χ2v) is 4.12. The first-order chi connectivity index (χ1) is 8.16. The average Bonchev–Trinajstić information content (AvgIpc) is 2.32.